The lowest BCUT2D eigenvalue weighted by molar-refractivity contribution is -0.137. The first kappa shape index (κ1) is 16.0. The number of urea groups is 1. The van der Waals surface area contributed by atoms with Crippen LogP contribution in [-0.4, -0.2) is 55.1 Å². The van der Waals surface area contributed by atoms with Crippen LogP contribution in [-0.2, 0) is 6.18 Å². The Hall–Kier alpha value is -1.92. The molecule has 0 saturated carbocycles. The number of halogens is 3. The molecule has 0 aliphatic carbocycles. The SMILES string of the molecule is CN(C)C(=O)N1C2CCC1CN(c1ccc(C(F)(F)F)cc1)C2. The summed E-state index contributed by atoms with van der Waals surface area (Å²) in [6, 6.07) is 5.56. The van der Waals surface area contributed by atoms with Gasteiger partial charge in [0.2, 0.25) is 0 Å². The summed E-state index contributed by atoms with van der Waals surface area (Å²) >= 11 is 0. The minimum atomic E-state index is -4.31. The minimum Gasteiger partial charge on any atom is -0.367 e. The molecule has 2 heterocycles. The molecule has 2 unspecified atom stereocenters. The standard InChI is InChI=1S/C16H20F3N3O/c1-20(2)15(23)22-13-7-8-14(22)10-21(9-13)12-5-3-11(4-6-12)16(17,18)19/h3-6,13-14H,7-10H2,1-2H3. The van der Waals surface area contributed by atoms with Gasteiger partial charge in [-0.25, -0.2) is 4.79 Å². The van der Waals surface area contributed by atoms with Gasteiger partial charge in [-0.15, -0.1) is 0 Å². The van der Waals surface area contributed by atoms with E-state index in [0.717, 1.165) is 30.7 Å². The summed E-state index contributed by atoms with van der Waals surface area (Å²) in [4.78, 5) is 17.9. The molecule has 2 amide bonds. The first-order valence-electron chi connectivity index (χ1n) is 7.69. The maximum Gasteiger partial charge on any atom is 0.416 e. The molecular formula is C16H20F3N3O. The van der Waals surface area contributed by atoms with Crippen LogP contribution in [0, 0.1) is 0 Å². The molecule has 2 saturated heterocycles. The number of anilines is 1. The predicted molar refractivity (Wildman–Crippen MR) is 81.4 cm³/mol. The lowest BCUT2D eigenvalue weighted by Crippen LogP contribution is -2.58. The molecule has 0 radical (unpaired) electrons. The van der Waals surface area contributed by atoms with E-state index in [1.165, 1.54) is 12.1 Å². The second kappa shape index (κ2) is 5.62. The smallest absolute Gasteiger partial charge is 0.367 e. The molecule has 1 aromatic carbocycles. The van der Waals surface area contributed by atoms with Gasteiger partial charge in [0.05, 0.1) is 17.6 Å². The number of carbonyl (C=O) groups is 1. The Labute approximate surface area is 133 Å². The van der Waals surface area contributed by atoms with Gasteiger partial charge in [0.25, 0.3) is 0 Å². The normalized spacial score (nSPS) is 24.0. The molecule has 3 rings (SSSR count). The van der Waals surface area contributed by atoms with Gasteiger partial charge in [0.1, 0.15) is 0 Å². The minimum absolute atomic E-state index is 0.0181. The monoisotopic (exact) mass is 327 g/mol. The first-order chi connectivity index (χ1) is 10.8. The molecule has 0 spiro atoms. The zero-order valence-corrected chi connectivity index (χ0v) is 13.2. The number of hydrogen-bond acceptors (Lipinski definition) is 2. The van der Waals surface area contributed by atoms with Crippen LogP contribution in [0.5, 0.6) is 0 Å². The van der Waals surface area contributed by atoms with Crippen molar-refractivity contribution in [1.82, 2.24) is 9.80 Å². The number of hydrogen-bond donors (Lipinski definition) is 0. The molecule has 0 N–H and O–H groups in total. The molecule has 4 nitrogen and oxygen atoms in total. The van der Waals surface area contributed by atoms with E-state index in [1.807, 2.05) is 4.90 Å². The zero-order valence-electron chi connectivity index (χ0n) is 13.2. The van der Waals surface area contributed by atoms with Gasteiger partial charge in [0.15, 0.2) is 0 Å². The number of amides is 2. The van der Waals surface area contributed by atoms with Gasteiger partial charge in [-0.1, -0.05) is 0 Å². The molecule has 0 aromatic heterocycles. The fourth-order valence-corrected chi connectivity index (χ4v) is 3.52. The zero-order chi connectivity index (χ0) is 16.8. The summed E-state index contributed by atoms with van der Waals surface area (Å²) in [5.74, 6) is 0. The highest BCUT2D eigenvalue weighted by Crippen LogP contribution is 2.35. The molecule has 7 heteroatoms. The Morgan fingerprint density at radius 3 is 2.04 bits per heavy atom. The fourth-order valence-electron chi connectivity index (χ4n) is 3.52. The number of piperazine rings is 1. The third-order valence-corrected chi connectivity index (χ3v) is 4.65. The third kappa shape index (κ3) is 2.96. The molecule has 2 bridgehead atoms. The van der Waals surface area contributed by atoms with Crippen molar-refractivity contribution in [3.05, 3.63) is 29.8 Å². The first-order valence-corrected chi connectivity index (χ1v) is 7.69. The molecule has 23 heavy (non-hydrogen) atoms. The number of fused-ring (bicyclic) bond motifs is 2. The Morgan fingerprint density at radius 1 is 1.09 bits per heavy atom. The van der Waals surface area contributed by atoms with E-state index in [1.54, 1.807) is 19.0 Å². The van der Waals surface area contributed by atoms with Gasteiger partial charge < -0.3 is 14.7 Å². The number of nitrogens with zero attached hydrogens (tertiary/aromatic N) is 3. The molecule has 2 aliphatic heterocycles. The quantitative estimate of drug-likeness (QED) is 0.793. The summed E-state index contributed by atoms with van der Waals surface area (Å²) in [5, 5.41) is 0. The lowest BCUT2D eigenvalue weighted by Gasteiger charge is -2.43. The van der Waals surface area contributed by atoms with Gasteiger partial charge in [0, 0.05) is 32.9 Å². The fraction of sp³-hybridized carbons (Fsp3) is 0.562. The van der Waals surface area contributed by atoms with E-state index < -0.39 is 11.7 Å². The number of alkyl halides is 3. The van der Waals surface area contributed by atoms with E-state index in [0.29, 0.717) is 13.1 Å². The van der Waals surface area contributed by atoms with Crippen LogP contribution in [0.4, 0.5) is 23.7 Å². The summed E-state index contributed by atoms with van der Waals surface area (Å²) in [6.45, 7) is 1.34. The van der Waals surface area contributed by atoms with Crippen LogP contribution in [0.2, 0.25) is 0 Å². The van der Waals surface area contributed by atoms with Crippen LogP contribution in [0.3, 0.4) is 0 Å². The topological polar surface area (TPSA) is 26.8 Å². The lowest BCUT2D eigenvalue weighted by atomic mass is 10.1. The maximum atomic E-state index is 12.6. The van der Waals surface area contributed by atoms with E-state index in [9.17, 15) is 18.0 Å². The molecule has 2 atom stereocenters. The van der Waals surface area contributed by atoms with E-state index in [-0.39, 0.29) is 18.1 Å². The van der Waals surface area contributed by atoms with Crippen molar-refractivity contribution >= 4 is 11.7 Å². The van der Waals surface area contributed by atoms with Crippen LogP contribution >= 0.6 is 0 Å². The van der Waals surface area contributed by atoms with Crippen molar-refractivity contribution in [2.45, 2.75) is 31.1 Å². The molecule has 1 aromatic rings. The van der Waals surface area contributed by atoms with Gasteiger partial charge in [-0.3, -0.25) is 0 Å². The van der Waals surface area contributed by atoms with Crippen molar-refractivity contribution < 1.29 is 18.0 Å². The highest BCUT2D eigenvalue weighted by atomic mass is 19.4. The Bertz CT molecular complexity index is 571. The van der Waals surface area contributed by atoms with Crippen LogP contribution in [0.25, 0.3) is 0 Å². The Kier molecular flexibility index (Phi) is 3.90. The number of carbonyl (C=O) groups excluding carboxylic acids is 1. The number of rotatable bonds is 1. The summed E-state index contributed by atoms with van der Waals surface area (Å²) in [6.07, 6.45) is -2.42. The van der Waals surface area contributed by atoms with Crippen molar-refractivity contribution in [3.63, 3.8) is 0 Å². The second-order valence-electron chi connectivity index (χ2n) is 6.42. The van der Waals surface area contributed by atoms with E-state index in [2.05, 4.69) is 4.90 Å². The van der Waals surface area contributed by atoms with Crippen LogP contribution < -0.4 is 4.90 Å². The highest BCUT2D eigenvalue weighted by molar-refractivity contribution is 5.75. The summed E-state index contributed by atoms with van der Waals surface area (Å²) < 4.78 is 37.9. The van der Waals surface area contributed by atoms with Crippen molar-refractivity contribution in [2.24, 2.45) is 0 Å². The van der Waals surface area contributed by atoms with Crippen molar-refractivity contribution in [1.29, 1.82) is 0 Å². The van der Waals surface area contributed by atoms with Crippen LogP contribution in [0.15, 0.2) is 24.3 Å². The molecular weight excluding hydrogens is 307 g/mol. The number of benzene rings is 1. The third-order valence-electron chi connectivity index (χ3n) is 4.65. The van der Waals surface area contributed by atoms with Gasteiger partial charge in [-0.05, 0) is 37.1 Å². The predicted octanol–water partition coefficient (Wildman–Crippen LogP) is 3.04. The second-order valence-corrected chi connectivity index (χ2v) is 6.42. The van der Waals surface area contributed by atoms with Gasteiger partial charge in [-0.2, -0.15) is 13.2 Å². The van der Waals surface area contributed by atoms with Gasteiger partial charge >= 0.3 is 12.2 Å². The Morgan fingerprint density at radius 2 is 1.61 bits per heavy atom. The average molecular weight is 327 g/mol. The summed E-state index contributed by atoms with van der Waals surface area (Å²) in [5.41, 5.74) is 0.150. The van der Waals surface area contributed by atoms with E-state index in [4.69, 9.17) is 0 Å². The maximum absolute atomic E-state index is 12.6. The van der Waals surface area contributed by atoms with Crippen LogP contribution in [0.1, 0.15) is 18.4 Å². The average Bonchev–Trinajstić information content (AvgIpc) is 2.75. The largest absolute Gasteiger partial charge is 0.416 e. The van der Waals surface area contributed by atoms with Crippen molar-refractivity contribution in [3.8, 4) is 0 Å². The molecule has 2 fully saturated rings. The summed E-state index contributed by atoms with van der Waals surface area (Å²) in [7, 11) is 3.48. The van der Waals surface area contributed by atoms with Crippen molar-refractivity contribution in [2.75, 3.05) is 32.1 Å². The van der Waals surface area contributed by atoms with E-state index >= 15 is 0 Å². The molecule has 126 valence electrons. The highest BCUT2D eigenvalue weighted by Gasteiger charge is 2.43. The molecule has 2 aliphatic rings. The Balaban J connectivity index is 1.74.